The highest BCUT2D eigenvalue weighted by Gasteiger charge is 2.28. The molecular weight excluding hydrogens is 359 g/mol. The van der Waals surface area contributed by atoms with Crippen molar-refractivity contribution in [1.29, 1.82) is 5.26 Å². The van der Waals surface area contributed by atoms with Crippen LogP contribution >= 0.6 is 23.2 Å². The van der Waals surface area contributed by atoms with Gasteiger partial charge in [-0.15, -0.1) is 0 Å². The fourth-order valence-electron chi connectivity index (χ4n) is 3.35. The molecule has 0 bridgehead atoms. The van der Waals surface area contributed by atoms with Crippen molar-refractivity contribution in [3.63, 3.8) is 0 Å². The second kappa shape index (κ2) is 7.07. The minimum atomic E-state index is -0.202. The van der Waals surface area contributed by atoms with Crippen LogP contribution in [-0.2, 0) is 6.42 Å². The normalized spacial score (nSPS) is 13.2. The van der Waals surface area contributed by atoms with E-state index >= 15 is 0 Å². The molecule has 1 aromatic carbocycles. The van der Waals surface area contributed by atoms with E-state index in [1.165, 1.54) is 0 Å². The molecular formula is C18H18Cl2N4O. The molecule has 0 spiro atoms. The van der Waals surface area contributed by atoms with Crippen molar-refractivity contribution in [3.05, 3.63) is 50.0 Å². The summed E-state index contributed by atoms with van der Waals surface area (Å²) in [5.74, 6) is 0.244. The van der Waals surface area contributed by atoms with Gasteiger partial charge >= 0.3 is 0 Å². The van der Waals surface area contributed by atoms with Gasteiger partial charge in [-0.3, -0.25) is 4.79 Å². The van der Waals surface area contributed by atoms with Gasteiger partial charge in [-0.05, 0) is 37.0 Å². The van der Waals surface area contributed by atoms with Gasteiger partial charge in [-0.2, -0.15) is 5.26 Å². The smallest absolute Gasteiger partial charge is 0.294 e. The summed E-state index contributed by atoms with van der Waals surface area (Å²) in [4.78, 5) is 19.1. The van der Waals surface area contributed by atoms with E-state index in [0.29, 0.717) is 16.6 Å². The molecule has 1 aromatic heterocycles. The number of hydrogen-bond acceptors (Lipinski definition) is 4. The fourth-order valence-corrected chi connectivity index (χ4v) is 3.99. The number of fused-ring (bicyclic) bond motifs is 1. The Balaban J connectivity index is 2.19. The van der Waals surface area contributed by atoms with Gasteiger partial charge < -0.3 is 9.47 Å². The number of nitriles is 1. The molecule has 5 nitrogen and oxygen atoms in total. The summed E-state index contributed by atoms with van der Waals surface area (Å²) in [5, 5.41) is 10.4. The van der Waals surface area contributed by atoms with Crippen LogP contribution in [0.1, 0.15) is 44.0 Å². The number of rotatable bonds is 4. The van der Waals surface area contributed by atoms with E-state index in [0.717, 1.165) is 30.5 Å². The summed E-state index contributed by atoms with van der Waals surface area (Å²) >= 11 is 12.5. The van der Waals surface area contributed by atoms with Crippen LogP contribution in [0, 0.1) is 11.3 Å². The van der Waals surface area contributed by atoms with Crippen LogP contribution in [0.15, 0.2) is 23.1 Å². The van der Waals surface area contributed by atoms with Crippen LogP contribution < -0.4 is 10.5 Å². The molecule has 0 N–H and O–H groups in total. The maximum atomic E-state index is 13.1. The summed E-state index contributed by atoms with van der Waals surface area (Å²) in [6.45, 7) is 4.63. The lowest BCUT2D eigenvalue weighted by Gasteiger charge is -2.22. The second-order valence-electron chi connectivity index (χ2n) is 6.04. The highest BCUT2D eigenvalue weighted by Crippen LogP contribution is 2.40. The number of benzene rings is 1. The van der Waals surface area contributed by atoms with Gasteiger partial charge in [-0.25, -0.2) is 4.98 Å². The van der Waals surface area contributed by atoms with E-state index in [2.05, 4.69) is 11.1 Å². The molecule has 0 saturated heterocycles. The molecule has 130 valence electrons. The Morgan fingerprint density at radius 1 is 1.32 bits per heavy atom. The van der Waals surface area contributed by atoms with E-state index in [9.17, 15) is 10.1 Å². The number of hydrogen-bond donors (Lipinski definition) is 0. The molecule has 0 amide bonds. The Morgan fingerprint density at radius 2 is 2.04 bits per heavy atom. The predicted octanol–water partition coefficient (Wildman–Crippen LogP) is 4.48. The third-order valence-electron chi connectivity index (χ3n) is 4.60. The van der Waals surface area contributed by atoms with Crippen molar-refractivity contribution in [3.8, 4) is 6.07 Å². The van der Waals surface area contributed by atoms with Crippen molar-refractivity contribution in [2.45, 2.75) is 39.2 Å². The van der Waals surface area contributed by atoms with Crippen molar-refractivity contribution >= 4 is 34.7 Å². The van der Waals surface area contributed by atoms with Crippen LogP contribution in [0.4, 0.5) is 11.5 Å². The number of anilines is 2. The van der Waals surface area contributed by atoms with Gasteiger partial charge in [0.15, 0.2) is 5.69 Å². The predicted molar refractivity (Wildman–Crippen MR) is 100 cm³/mol. The molecule has 25 heavy (non-hydrogen) atoms. The molecule has 0 fully saturated rings. The largest absolute Gasteiger partial charge is 0.320 e. The third kappa shape index (κ3) is 3.12. The summed E-state index contributed by atoms with van der Waals surface area (Å²) < 4.78 is 1.63. The molecule has 2 heterocycles. The summed E-state index contributed by atoms with van der Waals surface area (Å²) in [5.41, 5.74) is 1.75. The molecule has 0 atom stereocenters. The molecule has 3 rings (SSSR count). The van der Waals surface area contributed by atoms with Gasteiger partial charge in [0.1, 0.15) is 6.07 Å². The lowest BCUT2D eigenvalue weighted by Crippen LogP contribution is -2.32. The molecule has 7 heteroatoms. The Kier molecular flexibility index (Phi) is 5.03. The first-order chi connectivity index (χ1) is 12.0. The van der Waals surface area contributed by atoms with Crippen LogP contribution in [0.2, 0.25) is 10.0 Å². The second-order valence-corrected chi connectivity index (χ2v) is 6.88. The highest BCUT2D eigenvalue weighted by atomic mass is 35.5. The average Bonchev–Trinajstić information content (AvgIpc) is 3.01. The monoisotopic (exact) mass is 376 g/mol. The van der Waals surface area contributed by atoms with Crippen molar-refractivity contribution in [1.82, 2.24) is 9.55 Å². The van der Waals surface area contributed by atoms with E-state index in [4.69, 9.17) is 23.2 Å². The summed E-state index contributed by atoms with van der Waals surface area (Å²) in [6, 6.07) is 5.61. The van der Waals surface area contributed by atoms with Gasteiger partial charge in [-0.1, -0.05) is 37.0 Å². The Morgan fingerprint density at radius 3 is 2.68 bits per heavy atom. The zero-order valence-corrected chi connectivity index (χ0v) is 15.6. The van der Waals surface area contributed by atoms with E-state index in [1.54, 1.807) is 21.7 Å². The van der Waals surface area contributed by atoms with E-state index in [1.807, 2.05) is 19.9 Å². The lowest BCUT2D eigenvalue weighted by molar-refractivity contribution is 0.456. The van der Waals surface area contributed by atoms with Crippen LogP contribution in [-0.4, -0.2) is 16.1 Å². The van der Waals surface area contributed by atoms with Crippen LogP contribution in [0.5, 0.6) is 0 Å². The first-order valence-corrected chi connectivity index (χ1v) is 9.04. The Hall–Kier alpha value is -2.03. The SMILES string of the molecule is CCC(CC)n1cc(C#N)nc(N2CCc3cc(Cl)cc(Cl)c32)c1=O. The van der Waals surface area contributed by atoms with Gasteiger partial charge in [0.25, 0.3) is 5.56 Å². The standard InChI is InChI=1S/C18H18Cl2N4O/c1-3-14(4-2)24-10-13(9-21)22-17(18(24)25)23-6-5-11-7-12(19)8-15(20)16(11)23/h7-8,10,14H,3-6H2,1-2H3. The van der Waals surface area contributed by atoms with E-state index < -0.39 is 0 Å². The first kappa shape index (κ1) is 17.8. The zero-order chi connectivity index (χ0) is 18.1. The molecule has 0 unspecified atom stereocenters. The molecule has 1 aliphatic heterocycles. The lowest BCUT2D eigenvalue weighted by atomic mass is 10.1. The van der Waals surface area contributed by atoms with Gasteiger partial charge in [0.2, 0.25) is 5.82 Å². The Labute approximate surface area is 156 Å². The molecule has 0 aliphatic carbocycles. The zero-order valence-electron chi connectivity index (χ0n) is 14.1. The maximum Gasteiger partial charge on any atom is 0.294 e. The third-order valence-corrected chi connectivity index (χ3v) is 5.11. The summed E-state index contributed by atoms with van der Waals surface area (Å²) in [7, 11) is 0. The Bertz CT molecular complexity index is 913. The molecule has 0 radical (unpaired) electrons. The quantitative estimate of drug-likeness (QED) is 0.788. The number of nitrogens with zero attached hydrogens (tertiary/aromatic N) is 4. The molecule has 0 saturated carbocycles. The van der Waals surface area contributed by atoms with Gasteiger partial charge in [0, 0.05) is 23.8 Å². The van der Waals surface area contributed by atoms with Crippen LogP contribution in [0.25, 0.3) is 0 Å². The minimum Gasteiger partial charge on any atom is -0.320 e. The summed E-state index contributed by atoms with van der Waals surface area (Å²) in [6.07, 6.45) is 3.87. The molecule has 1 aliphatic rings. The topological polar surface area (TPSA) is 61.9 Å². The van der Waals surface area contributed by atoms with E-state index in [-0.39, 0.29) is 23.1 Å². The number of aromatic nitrogens is 2. The van der Waals surface area contributed by atoms with Crippen molar-refractivity contribution < 1.29 is 0 Å². The molecule has 2 aromatic rings. The fraction of sp³-hybridized carbons (Fsp3) is 0.389. The number of halogens is 2. The van der Waals surface area contributed by atoms with Crippen molar-refractivity contribution in [2.24, 2.45) is 0 Å². The minimum absolute atomic E-state index is 0.0316. The average molecular weight is 377 g/mol. The highest BCUT2D eigenvalue weighted by molar-refractivity contribution is 6.36. The van der Waals surface area contributed by atoms with Gasteiger partial charge in [0.05, 0.1) is 10.7 Å². The van der Waals surface area contributed by atoms with Crippen molar-refractivity contribution in [2.75, 3.05) is 11.4 Å². The van der Waals surface area contributed by atoms with Crippen LogP contribution in [0.3, 0.4) is 0 Å². The first-order valence-electron chi connectivity index (χ1n) is 8.28. The maximum absolute atomic E-state index is 13.1.